The number of nitrogens with one attached hydrogen (secondary N) is 1. The van der Waals surface area contributed by atoms with Gasteiger partial charge in [-0.2, -0.15) is 0 Å². The van der Waals surface area contributed by atoms with Gasteiger partial charge in [0, 0.05) is 25.7 Å². The third-order valence-corrected chi connectivity index (χ3v) is 5.58. The van der Waals surface area contributed by atoms with Gasteiger partial charge >= 0.3 is 0 Å². The molecule has 3 heteroatoms. The van der Waals surface area contributed by atoms with E-state index in [0.29, 0.717) is 11.5 Å². The van der Waals surface area contributed by atoms with Crippen LogP contribution in [0.25, 0.3) is 0 Å². The lowest BCUT2D eigenvalue weighted by Crippen LogP contribution is -2.60. The Kier molecular flexibility index (Phi) is 6.51. The van der Waals surface area contributed by atoms with E-state index in [2.05, 4.69) is 31.0 Å². The highest BCUT2D eigenvalue weighted by Gasteiger charge is 2.41. The first kappa shape index (κ1) is 17.2. The molecule has 1 aliphatic carbocycles. The molecule has 124 valence electrons. The summed E-state index contributed by atoms with van der Waals surface area (Å²) in [6, 6.07) is 1.37. The molecular weight excluding hydrogens is 260 g/mol. The normalized spacial score (nSPS) is 34.0. The van der Waals surface area contributed by atoms with E-state index < -0.39 is 0 Å². The van der Waals surface area contributed by atoms with E-state index in [9.17, 15) is 0 Å². The minimum atomic E-state index is 0.423. The van der Waals surface area contributed by atoms with Gasteiger partial charge in [0.15, 0.2) is 0 Å². The Labute approximate surface area is 131 Å². The van der Waals surface area contributed by atoms with E-state index in [1.54, 1.807) is 0 Å². The maximum absolute atomic E-state index is 5.41. The first-order valence-corrected chi connectivity index (χ1v) is 9.05. The third-order valence-electron chi connectivity index (χ3n) is 5.58. The van der Waals surface area contributed by atoms with E-state index in [0.717, 1.165) is 25.1 Å². The molecule has 1 N–H and O–H groups in total. The zero-order chi connectivity index (χ0) is 15.3. The summed E-state index contributed by atoms with van der Waals surface area (Å²) >= 11 is 0. The molecule has 1 aliphatic heterocycles. The highest BCUT2D eigenvalue weighted by Crippen LogP contribution is 2.39. The number of hydrogen-bond acceptors (Lipinski definition) is 3. The minimum Gasteiger partial charge on any atom is -0.384 e. The molecule has 0 aromatic carbocycles. The highest BCUT2D eigenvalue weighted by atomic mass is 16.5. The van der Waals surface area contributed by atoms with Crippen LogP contribution in [0.4, 0.5) is 0 Å². The molecule has 2 aliphatic rings. The Morgan fingerprint density at radius 1 is 1.24 bits per heavy atom. The summed E-state index contributed by atoms with van der Waals surface area (Å²) in [7, 11) is 1.84. The zero-order valence-electron chi connectivity index (χ0n) is 14.7. The Morgan fingerprint density at radius 3 is 2.76 bits per heavy atom. The molecule has 0 aromatic heterocycles. The molecule has 1 saturated carbocycles. The molecular formula is C18H36N2O. The molecule has 1 saturated heterocycles. The van der Waals surface area contributed by atoms with E-state index in [-0.39, 0.29) is 0 Å². The third kappa shape index (κ3) is 4.43. The van der Waals surface area contributed by atoms with Gasteiger partial charge in [-0.15, -0.1) is 0 Å². The number of likely N-dealkylation sites (tertiary alicyclic amines) is 1. The second kappa shape index (κ2) is 7.94. The van der Waals surface area contributed by atoms with Crippen molar-refractivity contribution >= 4 is 0 Å². The zero-order valence-corrected chi connectivity index (χ0v) is 14.7. The predicted octanol–water partition coefficient (Wildman–Crippen LogP) is 3.29. The second-order valence-corrected chi connectivity index (χ2v) is 7.84. The fourth-order valence-corrected chi connectivity index (χ4v) is 4.49. The van der Waals surface area contributed by atoms with Gasteiger partial charge in [-0.3, -0.25) is 4.90 Å². The Balaban J connectivity index is 2.03. The SMILES string of the molecule is CCCNC1C(N2CCCC(COC)C2)CCCC1(C)C. The molecule has 0 radical (unpaired) electrons. The van der Waals surface area contributed by atoms with Crippen molar-refractivity contribution in [3.63, 3.8) is 0 Å². The van der Waals surface area contributed by atoms with Crippen molar-refractivity contribution in [3.05, 3.63) is 0 Å². The fourth-order valence-electron chi connectivity index (χ4n) is 4.49. The first-order chi connectivity index (χ1) is 10.1. The quantitative estimate of drug-likeness (QED) is 0.814. The van der Waals surface area contributed by atoms with Crippen LogP contribution in [-0.2, 0) is 4.74 Å². The van der Waals surface area contributed by atoms with E-state index in [1.807, 2.05) is 7.11 Å². The predicted molar refractivity (Wildman–Crippen MR) is 89.7 cm³/mol. The van der Waals surface area contributed by atoms with Crippen molar-refractivity contribution in [2.24, 2.45) is 11.3 Å². The molecule has 0 aromatic rings. The Morgan fingerprint density at radius 2 is 2.05 bits per heavy atom. The van der Waals surface area contributed by atoms with Crippen LogP contribution in [0, 0.1) is 11.3 Å². The molecule has 3 nitrogen and oxygen atoms in total. The van der Waals surface area contributed by atoms with Gasteiger partial charge in [0.25, 0.3) is 0 Å². The lowest BCUT2D eigenvalue weighted by molar-refractivity contribution is 0.00972. The van der Waals surface area contributed by atoms with Crippen LogP contribution in [0.2, 0.25) is 0 Å². The van der Waals surface area contributed by atoms with Gasteiger partial charge < -0.3 is 10.1 Å². The average Bonchev–Trinajstić information content (AvgIpc) is 2.46. The average molecular weight is 296 g/mol. The standard InChI is InChI=1S/C18H36N2O/c1-5-11-19-17-16(9-6-10-18(17,2)3)20-12-7-8-15(13-20)14-21-4/h15-17,19H,5-14H2,1-4H3. The van der Waals surface area contributed by atoms with E-state index in [4.69, 9.17) is 4.74 Å². The molecule has 0 spiro atoms. The Hall–Kier alpha value is -0.120. The van der Waals surface area contributed by atoms with Gasteiger partial charge in [-0.25, -0.2) is 0 Å². The molecule has 21 heavy (non-hydrogen) atoms. The summed E-state index contributed by atoms with van der Waals surface area (Å²) in [5.41, 5.74) is 0.423. The topological polar surface area (TPSA) is 24.5 Å². The highest BCUT2D eigenvalue weighted by molar-refractivity contribution is 4.99. The summed E-state index contributed by atoms with van der Waals surface area (Å²) in [5.74, 6) is 0.737. The smallest absolute Gasteiger partial charge is 0.0502 e. The first-order valence-electron chi connectivity index (χ1n) is 9.05. The molecule has 0 amide bonds. The maximum Gasteiger partial charge on any atom is 0.0502 e. The van der Waals surface area contributed by atoms with Crippen molar-refractivity contribution in [1.82, 2.24) is 10.2 Å². The lowest BCUT2D eigenvalue weighted by Gasteiger charge is -2.50. The number of piperidine rings is 1. The van der Waals surface area contributed by atoms with Crippen LogP contribution < -0.4 is 5.32 Å². The molecule has 3 unspecified atom stereocenters. The van der Waals surface area contributed by atoms with E-state index in [1.165, 1.54) is 51.6 Å². The van der Waals surface area contributed by atoms with Gasteiger partial charge in [0.2, 0.25) is 0 Å². The van der Waals surface area contributed by atoms with Crippen LogP contribution >= 0.6 is 0 Å². The van der Waals surface area contributed by atoms with Gasteiger partial charge in [-0.05, 0) is 56.5 Å². The van der Waals surface area contributed by atoms with Crippen LogP contribution in [0.15, 0.2) is 0 Å². The lowest BCUT2D eigenvalue weighted by atomic mass is 9.70. The van der Waals surface area contributed by atoms with Gasteiger partial charge in [0.1, 0.15) is 0 Å². The number of ether oxygens (including phenoxy) is 1. The summed E-state index contributed by atoms with van der Waals surface area (Å²) in [4.78, 5) is 2.78. The largest absolute Gasteiger partial charge is 0.384 e. The van der Waals surface area contributed by atoms with Crippen molar-refractivity contribution in [2.75, 3.05) is 33.4 Å². The molecule has 2 rings (SSSR count). The number of rotatable bonds is 6. The number of methoxy groups -OCH3 is 1. The minimum absolute atomic E-state index is 0.423. The summed E-state index contributed by atoms with van der Waals surface area (Å²) < 4.78 is 5.41. The number of nitrogens with zero attached hydrogens (tertiary/aromatic N) is 1. The molecule has 1 heterocycles. The van der Waals surface area contributed by atoms with Crippen molar-refractivity contribution in [1.29, 1.82) is 0 Å². The molecule has 0 bridgehead atoms. The summed E-state index contributed by atoms with van der Waals surface area (Å²) in [6.45, 7) is 11.8. The summed E-state index contributed by atoms with van der Waals surface area (Å²) in [5, 5.41) is 3.88. The van der Waals surface area contributed by atoms with Crippen LogP contribution in [0.5, 0.6) is 0 Å². The second-order valence-electron chi connectivity index (χ2n) is 7.84. The monoisotopic (exact) mass is 296 g/mol. The van der Waals surface area contributed by atoms with Crippen molar-refractivity contribution in [3.8, 4) is 0 Å². The maximum atomic E-state index is 5.41. The van der Waals surface area contributed by atoms with Crippen molar-refractivity contribution in [2.45, 2.75) is 71.4 Å². The van der Waals surface area contributed by atoms with Crippen LogP contribution in [0.3, 0.4) is 0 Å². The van der Waals surface area contributed by atoms with E-state index >= 15 is 0 Å². The Bertz CT molecular complexity index is 304. The van der Waals surface area contributed by atoms with Gasteiger partial charge in [-0.1, -0.05) is 27.2 Å². The van der Waals surface area contributed by atoms with Crippen molar-refractivity contribution < 1.29 is 4.74 Å². The van der Waals surface area contributed by atoms with Crippen LogP contribution in [0.1, 0.15) is 59.3 Å². The molecule has 2 fully saturated rings. The fraction of sp³-hybridized carbons (Fsp3) is 1.00. The van der Waals surface area contributed by atoms with Gasteiger partial charge in [0.05, 0.1) is 6.61 Å². The van der Waals surface area contributed by atoms with Crippen LogP contribution in [-0.4, -0.2) is 50.3 Å². The molecule has 3 atom stereocenters. The number of hydrogen-bond donors (Lipinski definition) is 1. The summed E-state index contributed by atoms with van der Waals surface area (Å²) in [6.07, 6.45) is 8.02.